The lowest BCUT2D eigenvalue weighted by Gasteiger charge is -2.28. The highest BCUT2D eigenvalue weighted by Crippen LogP contribution is 2.39. The number of anilines is 1. The van der Waals surface area contributed by atoms with Crippen LogP contribution in [0.3, 0.4) is 0 Å². The standard InChI is InChI=1S/C22H27FN2O2S/c1-16-3-2-14-25(16)21-11-6-18(15-21)17-4-9-20(10-5-17)24-28(26,27)22-12-7-19(23)8-13-22/h4-5,7-10,12-13,16,18,21,24H,2-3,6,11,14-15H2,1H3/t16-,18-,21?/m0/s1. The molecule has 2 aromatic rings. The highest BCUT2D eigenvalue weighted by molar-refractivity contribution is 7.92. The summed E-state index contributed by atoms with van der Waals surface area (Å²) in [4.78, 5) is 2.72. The quantitative estimate of drug-likeness (QED) is 0.785. The van der Waals surface area contributed by atoms with Gasteiger partial charge in [0.15, 0.2) is 0 Å². The van der Waals surface area contributed by atoms with Crippen LogP contribution < -0.4 is 4.72 Å². The smallest absolute Gasteiger partial charge is 0.261 e. The highest BCUT2D eigenvalue weighted by Gasteiger charge is 2.34. The maximum absolute atomic E-state index is 13.0. The Labute approximate surface area is 166 Å². The van der Waals surface area contributed by atoms with Gasteiger partial charge in [-0.25, -0.2) is 12.8 Å². The van der Waals surface area contributed by atoms with E-state index in [1.807, 2.05) is 24.3 Å². The van der Waals surface area contributed by atoms with Gasteiger partial charge in [-0.2, -0.15) is 0 Å². The first-order valence-corrected chi connectivity index (χ1v) is 11.5. The molecule has 0 bridgehead atoms. The van der Waals surface area contributed by atoms with Crippen LogP contribution in [0.15, 0.2) is 53.4 Å². The van der Waals surface area contributed by atoms with Gasteiger partial charge in [-0.3, -0.25) is 9.62 Å². The second-order valence-corrected chi connectivity index (χ2v) is 9.76. The van der Waals surface area contributed by atoms with Gasteiger partial charge >= 0.3 is 0 Å². The van der Waals surface area contributed by atoms with Crippen LogP contribution in [-0.4, -0.2) is 31.9 Å². The molecule has 0 aromatic heterocycles. The number of halogens is 1. The van der Waals surface area contributed by atoms with Crippen molar-refractivity contribution in [3.8, 4) is 0 Å². The van der Waals surface area contributed by atoms with E-state index < -0.39 is 15.8 Å². The van der Waals surface area contributed by atoms with Gasteiger partial charge in [0, 0.05) is 17.8 Å². The van der Waals surface area contributed by atoms with Crippen molar-refractivity contribution >= 4 is 15.7 Å². The Kier molecular flexibility index (Phi) is 5.43. The fraction of sp³-hybridized carbons (Fsp3) is 0.455. The van der Waals surface area contributed by atoms with Gasteiger partial charge in [0.05, 0.1) is 4.90 Å². The zero-order chi connectivity index (χ0) is 19.7. The molecule has 150 valence electrons. The van der Waals surface area contributed by atoms with Crippen LogP contribution in [0, 0.1) is 5.82 Å². The fourth-order valence-electron chi connectivity index (χ4n) is 4.71. The van der Waals surface area contributed by atoms with E-state index in [-0.39, 0.29) is 4.90 Å². The second-order valence-electron chi connectivity index (χ2n) is 8.07. The Morgan fingerprint density at radius 2 is 1.71 bits per heavy atom. The molecule has 1 saturated carbocycles. The van der Waals surface area contributed by atoms with Gasteiger partial charge in [0.25, 0.3) is 10.0 Å². The van der Waals surface area contributed by atoms with E-state index in [0.29, 0.717) is 23.7 Å². The van der Waals surface area contributed by atoms with Crippen LogP contribution in [0.25, 0.3) is 0 Å². The summed E-state index contributed by atoms with van der Waals surface area (Å²) in [5.74, 6) is 0.0852. The van der Waals surface area contributed by atoms with Gasteiger partial charge < -0.3 is 0 Å². The van der Waals surface area contributed by atoms with Crippen LogP contribution in [0.5, 0.6) is 0 Å². The summed E-state index contributed by atoms with van der Waals surface area (Å²) in [6.45, 7) is 3.56. The minimum absolute atomic E-state index is 0.0522. The molecule has 2 fully saturated rings. The number of hydrogen-bond donors (Lipinski definition) is 1. The Morgan fingerprint density at radius 3 is 2.36 bits per heavy atom. The molecule has 4 nitrogen and oxygen atoms in total. The third-order valence-electron chi connectivity index (χ3n) is 6.24. The largest absolute Gasteiger partial charge is 0.298 e. The molecule has 0 spiro atoms. The summed E-state index contributed by atoms with van der Waals surface area (Å²) < 4.78 is 40.5. The fourth-order valence-corrected chi connectivity index (χ4v) is 5.77. The summed E-state index contributed by atoms with van der Waals surface area (Å²) in [6, 6.07) is 13.9. The molecule has 2 aliphatic rings. The number of hydrogen-bond acceptors (Lipinski definition) is 3. The lowest BCUT2D eigenvalue weighted by molar-refractivity contribution is 0.191. The predicted octanol–water partition coefficient (Wildman–Crippen LogP) is 4.75. The van der Waals surface area contributed by atoms with E-state index in [9.17, 15) is 12.8 Å². The average molecular weight is 403 g/mol. The summed E-state index contributed by atoms with van der Waals surface area (Å²) >= 11 is 0. The van der Waals surface area contributed by atoms with Gasteiger partial charge in [0.1, 0.15) is 5.82 Å². The Balaban J connectivity index is 1.41. The highest BCUT2D eigenvalue weighted by atomic mass is 32.2. The lowest BCUT2D eigenvalue weighted by Crippen LogP contribution is -2.35. The van der Waals surface area contributed by atoms with Gasteiger partial charge in [0.2, 0.25) is 0 Å². The molecule has 0 amide bonds. The minimum Gasteiger partial charge on any atom is -0.298 e. The SMILES string of the molecule is C[C@H]1CCCN1C1CC[C@H](c2ccc(NS(=O)(=O)c3ccc(F)cc3)cc2)C1. The van der Waals surface area contributed by atoms with Crippen LogP contribution >= 0.6 is 0 Å². The van der Waals surface area contributed by atoms with Crippen LogP contribution in [0.4, 0.5) is 10.1 Å². The van der Waals surface area contributed by atoms with E-state index in [2.05, 4.69) is 16.5 Å². The Bertz CT molecular complexity index is 913. The first kappa shape index (κ1) is 19.4. The van der Waals surface area contributed by atoms with E-state index in [0.717, 1.165) is 12.1 Å². The molecule has 6 heteroatoms. The van der Waals surface area contributed by atoms with Crippen molar-refractivity contribution in [1.29, 1.82) is 0 Å². The third kappa shape index (κ3) is 4.08. The zero-order valence-corrected chi connectivity index (χ0v) is 17.0. The summed E-state index contributed by atoms with van der Waals surface area (Å²) in [6.07, 6.45) is 6.24. The number of likely N-dealkylation sites (tertiary alicyclic amines) is 1. The maximum atomic E-state index is 13.0. The van der Waals surface area contributed by atoms with Gasteiger partial charge in [-0.1, -0.05) is 12.1 Å². The molecule has 3 atom stereocenters. The number of nitrogens with zero attached hydrogens (tertiary/aromatic N) is 1. The molecule has 4 rings (SSSR count). The Hall–Kier alpha value is -1.92. The van der Waals surface area contributed by atoms with E-state index in [1.54, 1.807) is 0 Å². The van der Waals surface area contributed by atoms with Gasteiger partial charge in [-0.15, -0.1) is 0 Å². The lowest BCUT2D eigenvalue weighted by atomic mass is 9.97. The molecule has 0 radical (unpaired) electrons. The van der Waals surface area contributed by atoms with Crippen molar-refractivity contribution in [2.45, 2.75) is 61.9 Å². The molecule has 2 aromatic carbocycles. The first-order chi connectivity index (χ1) is 13.4. The molecule has 1 saturated heterocycles. The van der Waals surface area contributed by atoms with E-state index >= 15 is 0 Å². The summed E-state index contributed by atoms with van der Waals surface area (Å²) in [5.41, 5.74) is 1.80. The Morgan fingerprint density at radius 1 is 1.00 bits per heavy atom. The second kappa shape index (κ2) is 7.84. The third-order valence-corrected chi connectivity index (χ3v) is 7.63. The minimum atomic E-state index is -3.71. The number of rotatable bonds is 5. The van der Waals surface area contributed by atoms with Crippen LogP contribution in [0.2, 0.25) is 0 Å². The van der Waals surface area contributed by atoms with Crippen molar-refractivity contribution in [3.05, 3.63) is 59.9 Å². The van der Waals surface area contributed by atoms with Crippen molar-refractivity contribution in [1.82, 2.24) is 4.90 Å². The van der Waals surface area contributed by atoms with Crippen molar-refractivity contribution < 1.29 is 12.8 Å². The van der Waals surface area contributed by atoms with Gasteiger partial charge in [-0.05, 0) is 93.5 Å². The summed E-state index contributed by atoms with van der Waals surface area (Å²) in [5, 5.41) is 0. The molecule has 28 heavy (non-hydrogen) atoms. The van der Waals surface area contributed by atoms with E-state index in [4.69, 9.17) is 0 Å². The first-order valence-electron chi connectivity index (χ1n) is 10.1. The molecular formula is C22H27FN2O2S. The van der Waals surface area contributed by atoms with Crippen LogP contribution in [-0.2, 0) is 10.0 Å². The van der Waals surface area contributed by atoms with Crippen molar-refractivity contribution in [2.24, 2.45) is 0 Å². The number of sulfonamides is 1. The molecule has 1 aliphatic carbocycles. The number of benzene rings is 2. The molecule has 1 unspecified atom stereocenters. The zero-order valence-electron chi connectivity index (χ0n) is 16.1. The normalized spacial score (nSPS) is 25.9. The topological polar surface area (TPSA) is 49.4 Å². The number of nitrogens with one attached hydrogen (secondary N) is 1. The average Bonchev–Trinajstić information content (AvgIpc) is 3.31. The van der Waals surface area contributed by atoms with Crippen molar-refractivity contribution in [3.63, 3.8) is 0 Å². The summed E-state index contributed by atoms with van der Waals surface area (Å²) in [7, 11) is -3.71. The molecule has 1 heterocycles. The monoisotopic (exact) mass is 402 g/mol. The maximum Gasteiger partial charge on any atom is 0.261 e. The molecular weight excluding hydrogens is 375 g/mol. The van der Waals surface area contributed by atoms with E-state index in [1.165, 1.54) is 56.3 Å². The molecule has 1 N–H and O–H groups in total. The predicted molar refractivity (Wildman–Crippen MR) is 109 cm³/mol. The van der Waals surface area contributed by atoms with Crippen molar-refractivity contribution in [2.75, 3.05) is 11.3 Å². The molecule has 1 aliphatic heterocycles. The van der Waals surface area contributed by atoms with Crippen LogP contribution in [0.1, 0.15) is 50.5 Å².